The summed E-state index contributed by atoms with van der Waals surface area (Å²) in [5.74, 6) is 1.49. The summed E-state index contributed by atoms with van der Waals surface area (Å²) < 4.78 is 5.81. The largest absolute Gasteiger partial charge is 0.490 e. The van der Waals surface area contributed by atoms with Crippen LogP contribution in [0, 0.1) is 6.92 Å². The fraction of sp³-hybridized carbons (Fsp3) is 0.583. The third-order valence-corrected chi connectivity index (χ3v) is 2.56. The molecule has 0 unspecified atom stereocenters. The van der Waals surface area contributed by atoms with Crippen molar-refractivity contribution in [2.45, 2.75) is 45.6 Å². The summed E-state index contributed by atoms with van der Waals surface area (Å²) >= 11 is 0. The Hall–Kier alpha value is -1.05. The van der Waals surface area contributed by atoms with Crippen molar-refractivity contribution >= 4 is 0 Å². The molecular weight excluding hydrogens is 174 g/mol. The van der Waals surface area contributed by atoms with Crippen molar-refractivity contribution in [1.29, 1.82) is 0 Å². The lowest BCUT2D eigenvalue weighted by atomic mass is 10.0. The van der Waals surface area contributed by atoms with Crippen molar-refractivity contribution in [3.05, 3.63) is 23.5 Å². The first-order chi connectivity index (χ1) is 6.68. The number of pyridine rings is 1. The molecule has 0 saturated heterocycles. The van der Waals surface area contributed by atoms with E-state index in [0.29, 0.717) is 12.0 Å². The van der Waals surface area contributed by atoms with Gasteiger partial charge >= 0.3 is 0 Å². The highest BCUT2D eigenvalue weighted by Gasteiger charge is 2.24. The second-order valence-corrected chi connectivity index (χ2v) is 4.29. The smallest absolute Gasteiger partial charge is 0.125 e. The number of nitrogens with zero attached hydrogens (tertiary/aromatic N) is 1. The summed E-state index contributed by atoms with van der Waals surface area (Å²) in [7, 11) is 0. The Morgan fingerprint density at radius 2 is 2.14 bits per heavy atom. The van der Waals surface area contributed by atoms with E-state index in [2.05, 4.69) is 25.8 Å². The topological polar surface area (TPSA) is 22.1 Å². The highest BCUT2D eigenvalue weighted by Crippen LogP contribution is 2.31. The standard InChI is InChI=1S/C12H17NO/c1-8(2)12-9(3)11(6-7-13-12)14-10-4-5-10/h6-8,10H,4-5H2,1-3H3. The molecule has 0 bridgehead atoms. The normalized spacial score (nSPS) is 16.0. The number of rotatable bonds is 3. The molecule has 0 radical (unpaired) electrons. The Labute approximate surface area is 85.3 Å². The summed E-state index contributed by atoms with van der Waals surface area (Å²) in [5.41, 5.74) is 2.36. The van der Waals surface area contributed by atoms with Crippen LogP contribution in [0.2, 0.25) is 0 Å². The van der Waals surface area contributed by atoms with Crippen molar-refractivity contribution in [1.82, 2.24) is 4.98 Å². The Kier molecular flexibility index (Phi) is 2.44. The first-order valence-corrected chi connectivity index (χ1v) is 5.30. The Morgan fingerprint density at radius 3 is 2.71 bits per heavy atom. The number of hydrogen-bond donors (Lipinski definition) is 0. The molecule has 1 fully saturated rings. The second-order valence-electron chi connectivity index (χ2n) is 4.29. The van der Waals surface area contributed by atoms with E-state index in [1.807, 2.05) is 12.3 Å². The molecule has 76 valence electrons. The first-order valence-electron chi connectivity index (χ1n) is 5.30. The maximum absolute atomic E-state index is 5.81. The zero-order chi connectivity index (χ0) is 10.1. The van der Waals surface area contributed by atoms with Crippen LogP contribution in [-0.4, -0.2) is 11.1 Å². The molecule has 1 heterocycles. The fourth-order valence-corrected chi connectivity index (χ4v) is 1.61. The lowest BCUT2D eigenvalue weighted by molar-refractivity contribution is 0.300. The van der Waals surface area contributed by atoms with Gasteiger partial charge in [0.2, 0.25) is 0 Å². The predicted molar refractivity (Wildman–Crippen MR) is 56.7 cm³/mol. The maximum Gasteiger partial charge on any atom is 0.125 e. The van der Waals surface area contributed by atoms with E-state index >= 15 is 0 Å². The minimum absolute atomic E-state index is 0.469. The van der Waals surface area contributed by atoms with E-state index in [1.54, 1.807) is 0 Å². The molecule has 0 aliphatic heterocycles. The molecule has 1 saturated carbocycles. The van der Waals surface area contributed by atoms with Gasteiger partial charge in [0.1, 0.15) is 5.75 Å². The van der Waals surface area contributed by atoms with Crippen molar-refractivity contribution in [3.8, 4) is 5.75 Å². The van der Waals surface area contributed by atoms with Crippen molar-refractivity contribution in [2.75, 3.05) is 0 Å². The van der Waals surface area contributed by atoms with E-state index in [9.17, 15) is 0 Å². The van der Waals surface area contributed by atoms with Gasteiger partial charge in [-0.3, -0.25) is 4.98 Å². The third kappa shape index (κ3) is 1.89. The molecule has 1 aliphatic carbocycles. The minimum atomic E-state index is 0.469. The van der Waals surface area contributed by atoms with Crippen LogP contribution in [-0.2, 0) is 0 Å². The summed E-state index contributed by atoms with van der Waals surface area (Å²) in [6.07, 6.45) is 4.73. The lowest BCUT2D eigenvalue weighted by Crippen LogP contribution is -2.02. The van der Waals surface area contributed by atoms with Crippen molar-refractivity contribution < 1.29 is 4.74 Å². The van der Waals surface area contributed by atoms with Crippen LogP contribution in [0.1, 0.15) is 43.9 Å². The highest BCUT2D eigenvalue weighted by molar-refractivity contribution is 5.36. The van der Waals surface area contributed by atoms with Crippen LogP contribution in [0.4, 0.5) is 0 Å². The number of ether oxygens (including phenoxy) is 1. The van der Waals surface area contributed by atoms with Gasteiger partial charge in [-0.15, -0.1) is 0 Å². The molecule has 14 heavy (non-hydrogen) atoms. The van der Waals surface area contributed by atoms with Gasteiger partial charge in [0.15, 0.2) is 0 Å². The molecule has 0 atom stereocenters. The zero-order valence-electron chi connectivity index (χ0n) is 9.08. The minimum Gasteiger partial charge on any atom is -0.490 e. The molecular formula is C12H17NO. The third-order valence-electron chi connectivity index (χ3n) is 2.56. The van der Waals surface area contributed by atoms with Gasteiger partial charge in [-0.1, -0.05) is 13.8 Å². The van der Waals surface area contributed by atoms with E-state index in [4.69, 9.17) is 4.74 Å². The van der Waals surface area contributed by atoms with Gasteiger partial charge in [0.05, 0.1) is 6.10 Å². The average molecular weight is 191 g/mol. The molecule has 0 N–H and O–H groups in total. The fourth-order valence-electron chi connectivity index (χ4n) is 1.61. The summed E-state index contributed by atoms with van der Waals surface area (Å²) in [5, 5.41) is 0. The van der Waals surface area contributed by atoms with E-state index < -0.39 is 0 Å². The van der Waals surface area contributed by atoms with E-state index in [0.717, 1.165) is 11.4 Å². The summed E-state index contributed by atoms with van der Waals surface area (Å²) in [4.78, 5) is 4.39. The van der Waals surface area contributed by atoms with Crippen molar-refractivity contribution in [2.24, 2.45) is 0 Å². The molecule has 0 spiro atoms. The quantitative estimate of drug-likeness (QED) is 0.732. The van der Waals surface area contributed by atoms with Crippen molar-refractivity contribution in [3.63, 3.8) is 0 Å². The summed E-state index contributed by atoms with van der Waals surface area (Å²) in [6, 6.07) is 1.97. The van der Waals surface area contributed by atoms with E-state index in [1.165, 1.54) is 18.4 Å². The molecule has 1 aromatic rings. The second kappa shape index (κ2) is 3.60. The van der Waals surface area contributed by atoms with Crippen LogP contribution in [0.5, 0.6) is 5.75 Å². The number of hydrogen-bond acceptors (Lipinski definition) is 2. The van der Waals surface area contributed by atoms with Crippen LogP contribution in [0.15, 0.2) is 12.3 Å². The van der Waals surface area contributed by atoms with Crippen LogP contribution in [0.25, 0.3) is 0 Å². The van der Waals surface area contributed by atoms with Gasteiger partial charge in [-0.05, 0) is 31.7 Å². The molecule has 2 nitrogen and oxygen atoms in total. The van der Waals surface area contributed by atoms with E-state index in [-0.39, 0.29) is 0 Å². The van der Waals surface area contributed by atoms with Gasteiger partial charge in [0, 0.05) is 17.5 Å². The van der Waals surface area contributed by atoms with Crippen LogP contribution >= 0.6 is 0 Å². The maximum atomic E-state index is 5.81. The SMILES string of the molecule is Cc1c(OC2CC2)ccnc1C(C)C. The molecule has 0 aromatic carbocycles. The predicted octanol–water partition coefficient (Wildman–Crippen LogP) is 3.05. The molecule has 1 aromatic heterocycles. The molecule has 1 aliphatic rings. The van der Waals surface area contributed by atoms with Gasteiger partial charge in [0.25, 0.3) is 0 Å². The highest BCUT2D eigenvalue weighted by atomic mass is 16.5. The molecule has 2 heteroatoms. The average Bonchev–Trinajstić information content (AvgIpc) is 2.92. The van der Waals surface area contributed by atoms with Gasteiger partial charge in [-0.2, -0.15) is 0 Å². The van der Waals surface area contributed by atoms with Gasteiger partial charge in [-0.25, -0.2) is 0 Å². The van der Waals surface area contributed by atoms with Crippen LogP contribution < -0.4 is 4.74 Å². The monoisotopic (exact) mass is 191 g/mol. The Bertz CT molecular complexity index is 329. The zero-order valence-corrected chi connectivity index (χ0v) is 9.08. The Morgan fingerprint density at radius 1 is 1.43 bits per heavy atom. The Balaban J connectivity index is 2.25. The van der Waals surface area contributed by atoms with Gasteiger partial charge < -0.3 is 4.74 Å². The lowest BCUT2D eigenvalue weighted by Gasteiger charge is -2.13. The first kappa shape index (κ1) is 9.50. The summed E-state index contributed by atoms with van der Waals surface area (Å²) in [6.45, 7) is 6.42. The molecule has 0 amide bonds. The number of aromatic nitrogens is 1. The molecule has 2 rings (SSSR count). The van der Waals surface area contributed by atoms with Crippen LogP contribution in [0.3, 0.4) is 0 Å².